The topological polar surface area (TPSA) is 55.8 Å². The second-order valence-corrected chi connectivity index (χ2v) is 5.60. The molecule has 0 saturated heterocycles. The van der Waals surface area contributed by atoms with Crippen LogP contribution < -0.4 is 9.47 Å². The van der Waals surface area contributed by atoms with E-state index < -0.39 is 5.97 Å². The number of allylic oxidation sites excluding steroid dienone is 1. The van der Waals surface area contributed by atoms with E-state index in [0.29, 0.717) is 0 Å². The molecule has 0 fully saturated rings. The van der Waals surface area contributed by atoms with Crippen LogP contribution >= 0.6 is 0 Å². The van der Waals surface area contributed by atoms with E-state index in [0.717, 1.165) is 41.0 Å². The van der Waals surface area contributed by atoms with Crippen molar-refractivity contribution in [3.8, 4) is 22.6 Å². The first-order valence-electron chi connectivity index (χ1n) is 7.51. The van der Waals surface area contributed by atoms with Crippen LogP contribution in [-0.2, 0) is 11.2 Å². The molecule has 1 N–H and O–H groups in total. The van der Waals surface area contributed by atoms with E-state index in [4.69, 9.17) is 14.6 Å². The first kappa shape index (κ1) is 15.2. The Bertz CT molecular complexity index is 762. The number of rotatable bonds is 5. The van der Waals surface area contributed by atoms with Crippen molar-refractivity contribution in [1.29, 1.82) is 0 Å². The Morgan fingerprint density at radius 3 is 2.74 bits per heavy atom. The van der Waals surface area contributed by atoms with E-state index in [1.54, 1.807) is 0 Å². The van der Waals surface area contributed by atoms with E-state index in [1.165, 1.54) is 11.6 Å². The molecule has 0 saturated carbocycles. The average Bonchev–Trinajstić information content (AvgIpc) is 3.00. The van der Waals surface area contributed by atoms with Gasteiger partial charge >= 0.3 is 5.97 Å². The zero-order valence-corrected chi connectivity index (χ0v) is 12.9. The maximum absolute atomic E-state index is 10.7. The molecular formula is C19H18O4. The van der Waals surface area contributed by atoms with Crippen LogP contribution in [0.1, 0.15) is 18.9 Å². The lowest BCUT2D eigenvalue weighted by molar-refractivity contribution is -0.131. The standard InChI is InChI=1S/C19H18O4/c1-13(9-19(20)21)5-6-14-3-2-4-15(10-14)16-7-8-17-18(11-16)23-12-22-17/h2-4,7-11H,5-6,12H2,1H3,(H,20,21)/b13-9+. The number of hydrogen-bond donors (Lipinski definition) is 1. The van der Waals surface area contributed by atoms with E-state index in [9.17, 15) is 4.79 Å². The fourth-order valence-corrected chi connectivity index (χ4v) is 2.61. The van der Waals surface area contributed by atoms with Gasteiger partial charge in [-0.15, -0.1) is 0 Å². The Labute approximate surface area is 135 Å². The molecule has 0 spiro atoms. The third kappa shape index (κ3) is 3.72. The third-order valence-corrected chi connectivity index (χ3v) is 3.81. The molecule has 0 aliphatic carbocycles. The highest BCUT2D eigenvalue weighted by Crippen LogP contribution is 2.36. The second-order valence-electron chi connectivity index (χ2n) is 5.60. The predicted octanol–water partition coefficient (Wildman–Crippen LogP) is 4.05. The number of carbonyl (C=O) groups is 1. The maximum Gasteiger partial charge on any atom is 0.328 e. The first-order valence-corrected chi connectivity index (χ1v) is 7.51. The van der Waals surface area contributed by atoms with Crippen LogP contribution in [0.3, 0.4) is 0 Å². The molecule has 1 aliphatic rings. The molecule has 4 heteroatoms. The van der Waals surface area contributed by atoms with Crippen LogP contribution in [-0.4, -0.2) is 17.9 Å². The molecule has 118 valence electrons. The fourth-order valence-electron chi connectivity index (χ4n) is 2.61. The molecule has 0 atom stereocenters. The van der Waals surface area contributed by atoms with E-state index >= 15 is 0 Å². The van der Waals surface area contributed by atoms with Gasteiger partial charge in [0.25, 0.3) is 0 Å². The summed E-state index contributed by atoms with van der Waals surface area (Å²) in [6, 6.07) is 14.2. The number of carboxylic acid groups (broad SMARTS) is 1. The largest absolute Gasteiger partial charge is 0.478 e. The maximum atomic E-state index is 10.7. The molecule has 1 heterocycles. The summed E-state index contributed by atoms with van der Waals surface area (Å²) >= 11 is 0. The van der Waals surface area contributed by atoms with Crippen molar-refractivity contribution < 1.29 is 19.4 Å². The van der Waals surface area contributed by atoms with Gasteiger partial charge < -0.3 is 14.6 Å². The highest BCUT2D eigenvalue weighted by Gasteiger charge is 2.13. The normalized spacial score (nSPS) is 13.2. The molecule has 3 rings (SSSR count). The van der Waals surface area contributed by atoms with Gasteiger partial charge in [-0.05, 0) is 48.6 Å². The molecular weight excluding hydrogens is 292 g/mol. The number of benzene rings is 2. The zero-order chi connectivity index (χ0) is 16.2. The van der Waals surface area contributed by atoms with Gasteiger partial charge in [0.1, 0.15) is 0 Å². The summed E-state index contributed by atoms with van der Waals surface area (Å²) in [6.45, 7) is 2.11. The van der Waals surface area contributed by atoms with Crippen LogP contribution in [0.4, 0.5) is 0 Å². The van der Waals surface area contributed by atoms with Crippen LogP contribution in [0.15, 0.2) is 54.1 Å². The van der Waals surface area contributed by atoms with Crippen molar-refractivity contribution in [3.63, 3.8) is 0 Å². The van der Waals surface area contributed by atoms with Gasteiger partial charge in [-0.1, -0.05) is 35.9 Å². The van der Waals surface area contributed by atoms with E-state index in [1.807, 2.05) is 31.2 Å². The van der Waals surface area contributed by atoms with Gasteiger partial charge in [0.2, 0.25) is 6.79 Å². The Hall–Kier alpha value is -2.75. The van der Waals surface area contributed by atoms with Crippen LogP contribution in [0.25, 0.3) is 11.1 Å². The minimum atomic E-state index is -0.892. The molecule has 0 radical (unpaired) electrons. The van der Waals surface area contributed by atoms with Gasteiger partial charge in [0.15, 0.2) is 11.5 Å². The van der Waals surface area contributed by atoms with Crippen LogP contribution in [0.2, 0.25) is 0 Å². The molecule has 0 unspecified atom stereocenters. The molecule has 23 heavy (non-hydrogen) atoms. The van der Waals surface area contributed by atoms with Crippen molar-refractivity contribution >= 4 is 5.97 Å². The highest BCUT2D eigenvalue weighted by molar-refractivity contribution is 5.80. The van der Waals surface area contributed by atoms with E-state index in [-0.39, 0.29) is 6.79 Å². The Balaban J connectivity index is 1.76. The fraction of sp³-hybridized carbons (Fsp3) is 0.211. The quantitative estimate of drug-likeness (QED) is 0.847. The second kappa shape index (κ2) is 6.57. The predicted molar refractivity (Wildman–Crippen MR) is 87.7 cm³/mol. The van der Waals surface area contributed by atoms with Gasteiger partial charge in [-0.3, -0.25) is 0 Å². The molecule has 0 aromatic heterocycles. The summed E-state index contributed by atoms with van der Waals surface area (Å²) in [7, 11) is 0. The Morgan fingerprint density at radius 2 is 1.91 bits per heavy atom. The molecule has 2 aromatic carbocycles. The third-order valence-electron chi connectivity index (χ3n) is 3.81. The number of aliphatic carboxylic acids is 1. The van der Waals surface area contributed by atoms with Crippen molar-refractivity contribution in [1.82, 2.24) is 0 Å². The first-order chi connectivity index (χ1) is 11.1. The summed E-state index contributed by atoms with van der Waals surface area (Å²) in [4.78, 5) is 10.7. The molecule has 1 aliphatic heterocycles. The summed E-state index contributed by atoms with van der Waals surface area (Å²) in [5.74, 6) is 0.657. The number of aryl methyl sites for hydroxylation is 1. The summed E-state index contributed by atoms with van der Waals surface area (Å²) < 4.78 is 10.8. The molecule has 0 amide bonds. The molecule has 0 bridgehead atoms. The smallest absolute Gasteiger partial charge is 0.328 e. The minimum Gasteiger partial charge on any atom is -0.478 e. The zero-order valence-electron chi connectivity index (χ0n) is 12.9. The van der Waals surface area contributed by atoms with E-state index in [2.05, 4.69) is 18.2 Å². The van der Waals surface area contributed by atoms with Gasteiger partial charge in [-0.2, -0.15) is 0 Å². The Morgan fingerprint density at radius 1 is 1.13 bits per heavy atom. The van der Waals surface area contributed by atoms with Crippen molar-refractivity contribution in [3.05, 3.63) is 59.7 Å². The van der Waals surface area contributed by atoms with Crippen LogP contribution in [0, 0.1) is 0 Å². The number of ether oxygens (including phenoxy) is 2. The Kier molecular flexibility index (Phi) is 4.33. The average molecular weight is 310 g/mol. The summed E-state index contributed by atoms with van der Waals surface area (Å²) in [5.41, 5.74) is 4.24. The van der Waals surface area contributed by atoms with Gasteiger partial charge in [0.05, 0.1) is 0 Å². The van der Waals surface area contributed by atoms with Crippen molar-refractivity contribution in [2.24, 2.45) is 0 Å². The number of hydrogen-bond acceptors (Lipinski definition) is 3. The summed E-state index contributed by atoms with van der Waals surface area (Å²) in [6.07, 6.45) is 2.81. The summed E-state index contributed by atoms with van der Waals surface area (Å²) in [5, 5.41) is 8.75. The number of carboxylic acids is 1. The lowest BCUT2D eigenvalue weighted by Gasteiger charge is -2.07. The van der Waals surface area contributed by atoms with Gasteiger partial charge in [0, 0.05) is 6.08 Å². The minimum absolute atomic E-state index is 0.272. The SMILES string of the molecule is C/C(=C\C(=O)O)CCc1cccc(-c2ccc3c(c2)OCO3)c1. The highest BCUT2D eigenvalue weighted by atomic mass is 16.7. The lowest BCUT2D eigenvalue weighted by atomic mass is 9.99. The van der Waals surface area contributed by atoms with Crippen molar-refractivity contribution in [2.75, 3.05) is 6.79 Å². The molecule has 4 nitrogen and oxygen atoms in total. The van der Waals surface area contributed by atoms with Crippen molar-refractivity contribution in [2.45, 2.75) is 19.8 Å². The monoisotopic (exact) mass is 310 g/mol. The lowest BCUT2D eigenvalue weighted by Crippen LogP contribution is -1.93. The molecule has 2 aromatic rings. The van der Waals surface area contributed by atoms with Crippen LogP contribution in [0.5, 0.6) is 11.5 Å². The number of fused-ring (bicyclic) bond motifs is 1. The van der Waals surface area contributed by atoms with Gasteiger partial charge in [-0.25, -0.2) is 4.79 Å².